The molecule has 0 fully saturated rings. The van der Waals surface area contributed by atoms with E-state index in [9.17, 15) is 9.90 Å². The summed E-state index contributed by atoms with van der Waals surface area (Å²) in [7, 11) is 0. The van der Waals surface area contributed by atoms with Gasteiger partial charge in [0.2, 0.25) is 0 Å². The van der Waals surface area contributed by atoms with E-state index in [0.29, 0.717) is 16.3 Å². The molecule has 2 aromatic carbocycles. The number of aliphatic hydroxyl groups is 1. The van der Waals surface area contributed by atoms with Crippen LogP contribution >= 0.6 is 11.6 Å². The van der Waals surface area contributed by atoms with Crippen molar-refractivity contribution in [1.29, 1.82) is 0 Å². The van der Waals surface area contributed by atoms with E-state index < -0.39 is 0 Å². The molecule has 0 saturated carbocycles. The lowest BCUT2D eigenvalue weighted by atomic mass is 10.1. The molecule has 0 saturated heterocycles. The van der Waals surface area contributed by atoms with Crippen molar-refractivity contribution in [3.8, 4) is 0 Å². The number of halogens is 1. The number of hydrogen-bond donors (Lipinski definition) is 1. The lowest BCUT2D eigenvalue weighted by Gasteiger charge is -2.03. The van der Waals surface area contributed by atoms with Gasteiger partial charge in [0.05, 0.1) is 5.69 Å². The van der Waals surface area contributed by atoms with Crippen LogP contribution in [0.5, 0.6) is 0 Å². The third kappa shape index (κ3) is 4.00. The van der Waals surface area contributed by atoms with E-state index in [2.05, 4.69) is 10.2 Å². The summed E-state index contributed by atoms with van der Waals surface area (Å²) in [5.41, 5.74) is 0.966. The third-order valence-corrected chi connectivity index (χ3v) is 2.95. The zero-order valence-corrected chi connectivity index (χ0v) is 12.1. The number of nitrogens with zero attached hydrogens (tertiary/aromatic N) is 2. The van der Waals surface area contributed by atoms with Gasteiger partial charge in [-0.1, -0.05) is 41.9 Å². The first kappa shape index (κ1) is 14.9. The molecule has 106 valence electrons. The molecule has 4 nitrogen and oxygen atoms in total. The van der Waals surface area contributed by atoms with Crippen LogP contribution in [0.2, 0.25) is 5.02 Å². The molecule has 5 heteroatoms. The Morgan fingerprint density at radius 2 is 1.67 bits per heavy atom. The molecule has 0 amide bonds. The summed E-state index contributed by atoms with van der Waals surface area (Å²) < 4.78 is 0. The zero-order valence-electron chi connectivity index (χ0n) is 11.3. The van der Waals surface area contributed by atoms with Crippen LogP contribution in [0, 0.1) is 0 Å². The molecule has 0 aromatic heterocycles. The minimum absolute atomic E-state index is 0.0869. The minimum Gasteiger partial charge on any atom is -0.505 e. The molecule has 0 aliphatic heterocycles. The van der Waals surface area contributed by atoms with Crippen molar-refractivity contribution in [3.63, 3.8) is 0 Å². The summed E-state index contributed by atoms with van der Waals surface area (Å²) in [5.74, 6) is -0.560. The zero-order chi connectivity index (χ0) is 15.2. The smallest absolute Gasteiger partial charge is 0.183 e. The number of hydrogen-bond acceptors (Lipinski definition) is 4. The van der Waals surface area contributed by atoms with Gasteiger partial charge in [0.15, 0.2) is 17.2 Å². The van der Waals surface area contributed by atoms with Gasteiger partial charge in [-0.2, -0.15) is 5.11 Å². The van der Waals surface area contributed by atoms with E-state index in [-0.39, 0.29) is 17.2 Å². The van der Waals surface area contributed by atoms with Crippen LogP contribution in [0.1, 0.15) is 12.5 Å². The number of carbonyl (C=O) groups is 1. The Kier molecular flexibility index (Phi) is 4.85. The molecule has 0 bridgehead atoms. The monoisotopic (exact) mass is 300 g/mol. The van der Waals surface area contributed by atoms with E-state index in [1.807, 2.05) is 6.07 Å². The van der Waals surface area contributed by atoms with Gasteiger partial charge in [-0.3, -0.25) is 4.79 Å². The van der Waals surface area contributed by atoms with Gasteiger partial charge in [-0.05, 0) is 24.3 Å². The SMILES string of the molecule is CC(=O)/C(N=Nc1ccc(Cl)cc1)=C(/O)c1ccccc1. The third-order valence-electron chi connectivity index (χ3n) is 2.70. The van der Waals surface area contributed by atoms with Gasteiger partial charge >= 0.3 is 0 Å². The van der Waals surface area contributed by atoms with E-state index in [1.165, 1.54) is 6.92 Å². The van der Waals surface area contributed by atoms with Gasteiger partial charge in [-0.25, -0.2) is 0 Å². The second-order valence-electron chi connectivity index (χ2n) is 4.30. The molecule has 0 atom stereocenters. The van der Waals surface area contributed by atoms with E-state index in [1.54, 1.807) is 48.5 Å². The highest BCUT2D eigenvalue weighted by Gasteiger charge is 2.12. The Labute approximate surface area is 127 Å². The van der Waals surface area contributed by atoms with Crippen molar-refractivity contribution in [2.24, 2.45) is 10.2 Å². The van der Waals surface area contributed by atoms with Crippen LogP contribution in [0.3, 0.4) is 0 Å². The summed E-state index contributed by atoms with van der Waals surface area (Å²) in [6, 6.07) is 15.4. The Bertz CT molecular complexity index is 692. The molecule has 21 heavy (non-hydrogen) atoms. The van der Waals surface area contributed by atoms with Crippen LogP contribution in [-0.4, -0.2) is 10.9 Å². The van der Waals surface area contributed by atoms with Crippen molar-refractivity contribution >= 4 is 28.8 Å². The second kappa shape index (κ2) is 6.81. The predicted molar refractivity (Wildman–Crippen MR) is 82.6 cm³/mol. The lowest BCUT2D eigenvalue weighted by molar-refractivity contribution is -0.113. The molecule has 2 aromatic rings. The molecule has 1 N–H and O–H groups in total. The highest BCUT2D eigenvalue weighted by Crippen LogP contribution is 2.21. The van der Waals surface area contributed by atoms with Crippen LogP contribution < -0.4 is 0 Å². The highest BCUT2D eigenvalue weighted by atomic mass is 35.5. The average molecular weight is 301 g/mol. The molecule has 0 aliphatic rings. The van der Waals surface area contributed by atoms with Crippen molar-refractivity contribution in [1.82, 2.24) is 0 Å². The number of benzene rings is 2. The number of azo groups is 1. The van der Waals surface area contributed by atoms with Crippen LogP contribution in [0.25, 0.3) is 5.76 Å². The van der Waals surface area contributed by atoms with Crippen LogP contribution in [-0.2, 0) is 4.79 Å². The number of carbonyl (C=O) groups excluding carboxylic acids is 1. The molecular weight excluding hydrogens is 288 g/mol. The number of ketones is 1. The van der Waals surface area contributed by atoms with Gasteiger partial charge in [0.1, 0.15) is 0 Å². The van der Waals surface area contributed by atoms with Gasteiger partial charge < -0.3 is 5.11 Å². The number of aliphatic hydroxyl groups excluding tert-OH is 1. The summed E-state index contributed by atoms with van der Waals surface area (Å²) in [4.78, 5) is 11.6. The molecular formula is C16H13ClN2O2. The normalized spacial score (nSPS) is 12.3. The second-order valence-corrected chi connectivity index (χ2v) is 4.73. The topological polar surface area (TPSA) is 62.0 Å². The number of Topliss-reactive ketones (excluding diaryl/α,β-unsaturated/α-hetero) is 1. The molecule has 0 radical (unpaired) electrons. The Balaban J connectivity index is 2.36. The summed E-state index contributed by atoms with van der Waals surface area (Å²) in [6.45, 7) is 1.33. The quantitative estimate of drug-likeness (QED) is 0.494. The summed E-state index contributed by atoms with van der Waals surface area (Å²) in [6.07, 6.45) is 0. The van der Waals surface area contributed by atoms with Crippen LogP contribution in [0.15, 0.2) is 70.5 Å². The summed E-state index contributed by atoms with van der Waals surface area (Å²) in [5, 5.41) is 18.5. The Hall–Kier alpha value is -2.46. The van der Waals surface area contributed by atoms with E-state index >= 15 is 0 Å². The first-order chi connectivity index (χ1) is 10.1. The average Bonchev–Trinajstić information content (AvgIpc) is 2.49. The minimum atomic E-state index is -0.367. The fraction of sp³-hybridized carbons (Fsp3) is 0.0625. The highest BCUT2D eigenvalue weighted by molar-refractivity contribution is 6.30. The Morgan fingerprint density at radius 1 is 1.05 bits per heavy atom. The van der Waals surface area contributed by atoms with Gasteiger partial charge in [0, 0.05) is 17.5 Å². The van der Waals surface area contributed by atoms with E-state index in [4.69, 9.17) is 11.6 Å². The first-order valence-corrected chi connectivity index (χ1v) is 6.62. The van der Waals surface area contributed by atoms with E-state index in [0.717, 1.165) is 0 Å². The van der Waals surface area contributed by atoms with Crippen molar-refractivity contribution in [2.75, 3.05) is 0 Å². The van der Waals surface area contributed by atoms with Crippen molar-refractivity contribution in [3.05, 3.63) is 70.9 Å². The van der Waals surface area contributed by atoms with Crippen LogP contribution in [0.4, 0.5) is 5.69 Å². The molecule has 0 aliphatic carbocycles. The molecule has 0 spiro atoms. The van der Waals surface area contributed by atoms with Gasteiger partial charge in [0.25, 0.3) is 0 Å². The Morgan fingerprint density at radius 3 is 2.24 bits per heavy atom. The molecule has 0 unspecified atom stereocenters. The predicted octanol–water partition coefficient (Wildman–Crippen LogP) is 4.94. The maximum atomic E-state index is 11.6. The van der Waals surface area contributed by atoms with Crippen molar-refractivity contribution < 1.29 is 9.90 Å². The maximum Gasteiger partial charge on any atom is 0.183 e. The standard InChI is InChI=1S/C16H13ClN2O2/c1-11(20)15(16(21)12-5-3-2-4-6-12)19-18-14-9-7-13(17)8-10-14/h2-10,21H,1H3/b16-15-,19-18?. The van der Waals surface area contributed by atoms with Gasteiger partial charge in [-0.15, -0.1) is 5.11 Å². The maximum absolute atomic E-state index is 11.6. The lowest BCUT2D eigenvalue weighted by Crippen LogP contribution is -1.98. The largest absolute Gasteiger partial charge is 0.505 e. The fourth-order valence-electron chi connectivity index (χ4n) is 1.63. The number of allylic oxidation sites excluding steroid dienone is 1. The summed E-state index contributed by atoms with van der Waals surface area (Å²) >= 11 is 5.78. The fourth-order valence-corrected chi connectivity index (χ4v) is 1.76. The first-order valence-electron chi connectivity index (χ1n) is 6.25. The number of rotatable bonds is 4. The van der Waals surface area contributed by atoms with Crippen molar-refractivity contribution in [2.45, 2.75) is 6.92 Å². The molecule has 2 rings (SSSR count). The molecule has 0 heterocycles.